The summed E-state index contributed by atoms with van der Waals surface area (Å²) in [6, 6.07) is -3.88. The lowest BCUT2D eigenvalue weighted by Crippen LogP contribution is -2.35. The number of nitrogens with two attached hydrogens (primary N) is 6. The first kappa shape index (κ1) is 44.7. The highest BCUT2D eigenvalue weighted by atomic mass is 32.2. The van der Waals surface area contributed by atoms with Crippen molar-refractivity contribution >= 4 is 70.5 Å². The fraction of sp³-hybridized carbons (Fsp3) is 0.750. The number of carbonyl (C=O) groups excluding carboxylic acids is 3. The molecule has 0 aliphatic rings. The Bertz CT molecular complexity index is 778. The third-order valence-corrected chi connectivity index (χ3v) is 8.49. The summed E-state index contributed by atoms with van der Waals surface area (Å²) in [4.78, 5) is 63.1. The highest BCUT2D eigenvalue weighted by Crippen LogP contribution is 2.08. The van der Waals surface area contributed by atoms with E-state index in [4.69, 9.17) is 49.7 Å². The lowest BCUT2D eigenvalue weighted by molar-refractivity contribution is -0.139. The van der Waals surface area contributed by atoms with Gasteiger partial charge in [0.25, 0.3) is 0 Å². The summed E-state index contributed by atoms with van der Waals surface area (Å²) in [5.74, 6) is 0.0594. The fourth-order valence-corrected chi connectivity index (χ4v) is 5.16. The van der Waals surface area contributed by atoms with Gasteiger partial charge in [0.15, 0.2) is 0 Å². The molecule has 0 aromatic heterocycles. The monoisotopic (exact) mass is 660 g/mol. The number of hydrogen-bond acceptors (Lipinski definition) is 15. The van der Waals surface area contributed by atoms with Crippen molar-refractivity contribution in [3.63, 3.8) is 0 Å². The van der Waals surface area contributed by atoms with Crippen molar-refractivity contribution in [1.82, 2.24) is 0 Å². The number of rotatable bonds is 21. The van der Waals surface area contributed by atoms with Crippen LogP contribution >= 0.6 is 35.3 Å². The molecule has 0 aliphatic heterocycles. The van der Waals surface area contributed by atoms with Crippen LogP contribution in [0.5, 0.6) is 0 Å². The van der Waals surface area contributed by atoms with E-state index in [1.165, 1.54) is 44.3 Å². The molecule has 0 radical (unpaired) electrons. The van der Waals surface area contributed by atoms with E-state index in [-0.39, 0.29) is 23.1 Å². The van der Waals surface area contributed by atoms with E-state index in [9.17, 15) is 28.8 Å². The molecule has 0 bridgehead atoms. The van der Waals surface area contributed by atoms with E-state index in [0.29, 0.717) is 42.3 Å². The number of aliphatic carboxylic acids is 3. The van der Waals surface area contributed by atoms with Crippen LogP contribution in [0.25, 0.3) is 0 Å². The predicted octanol–water partition coefficient (Wildman–Crippen LogP) is -1.69. The van der Waals surface area contributed by atoms with Crippen molar-refractivity contribution in [2.75, 3.05) is 34.5 Å². The Kier molecular flexibility index (Phi) is 28.5. The maximum atomic E-state index is 10.8. The molecule has 0 heterocycles. The highest BCUT2D eigenvalue weighted by molar-refractivity contribution is 7.99. The molecule has 0 unspecified atom stereocenters. The second-order valence-corrected chi connectivity index (χ2v) is 12.5. The van der Waals surface area contributed by atoms with Crippen molar-refractivity contribution in [3.8, 4) is 0 Å². The van der Waals surface area contributed by atoms with Crippen molar-refractivity contribution in [2.24, 2.45) is 34.4 Å². The summed E-state index contributed by atoms with van der Waals surface area (Å²) in [6.07, 6.45) is 1.46. The normalized spacial score (nSPS) is 14.8. The largest absolute Gasteiger partial charge is 0.480 e. The van der Waals surface area contributed by atoms with Gasteiger partial charge < -0.3 is 49.7 Å². The Labute approximate surface area is 259 Å². The first-order valence-electron chi connectivity index (χ1n) is 12.8. The van der Waals surface area contributed by atoms with Crippen molar-refractivity contribution in [3.05, 3.63) is 0 Å². The lowest BCUT2D eigenvalue weighted by Gasteiger charge is -2.08. The van der Waals surface area contributed by atoms with Gasteiger partial charge in [-0.05, 0) is 57.3 Å². The number of carbonyl (C=O) groups is 6. The van der Waals surface area contributed by atoms with Gasteiger partial charge in [-0.1, -0.05) is 0 Å². The Hall–Kier alpha value is -1.77. The van der Waals surface area contributed by atoms with Crippen LogP contribution in [0.3, 0.4) is 0 Å². The number of hydrogen-bond donors (Lipinski definition) is 9. The molecule has 18 heteroatoms. The van der Waals surface area contributed by atoms with Crippen LogP contribution < -0.4 is 34.4 Å². The molecule has 6 atom stereocenters. The maximum absolute atomic E-state index is 10.8. The van der Waals surface area contributed by atoms with Gasteiger partial charge in [0.05, 0.1) is 18.1 Å². The number of carboxylic acids is 3. The topological polar surface area (TPSA) is 319 Å². The summed E-state index contributed by atoms with van der Waals surface area (Å²) in [5.41, 5.74) is 32.3. The standard InChI is InChI=1S/C9H18N2O3S.C8H16N2O3S.C7H14N2O3S/c1-6(12)7(10)2-4-15-5-3-8(11)9(13)14;1-5(11)7(10)4-14-3-2-6(9)8(12)13;1-4(10)5(8)2-13-3-6(9)7(11)12/h7-8H,2-5,10-11H2,1H3,(H,13,14);6-7H,2-4,9-10H2,1H3,(H,12,13);5-6H,2-3,8-9H2,1H3,(H,11,12)/t7-,8-;6-,7-;5-,6-/m000/s1. The smallest absolute Gasteiger partial charge is 0.321 e. The molecule has 0 spiro atoms. The number of Topliss-reactive ketones (excluding diaryl/α,β-unsaturated/α-hetero) is 3. The molecule has 0 aromatic rings. The van der Waals surface area contributed by atoms with Gasteiger partial charge in [-0.3, -0.25) is 28.8 Å². The zero-order valence-electron chi connectivity index (χ0n) is 24.3. The summed E-state index contributed by atoms with van der Waals surface area (Å²) in [7, 11) is 0. The molecular formula is C24H48N6O9S3. The molecule has 0 saturated heterocycles. The second kappa shape index (κ2) is 26.8. The van der Waals surface area contributed by atoms with Gasteiger partial charge >= 0.3 is 17.9 Å². The minimum absolute atomic E-state index is 0.0159. The zero-order chi connectivity index (χ0) is 33.4. The van der Waals surface area contributed by atoms with E-state index >= 15 is 0 Å². The van der Waals surface area contributed by atoms with Crippen LogP contribution in [0, 0.1) is 0 Å². The van der Waals surface area contributed by atoms with E-state index < -0.39 is 54.2 Å². The molecule has 0 aromatic carbocycles. The van der Waals surface area contributed by atoms with E-state index in [1.807, 2.05) is 0 Å². The Balaban J connectivity index is -0.000000545. The van der Waals surface area contributed by atoms with Gasteiger partial charge in [0.2, 0.25) is 0 Å². The number of carboxylic acid groups (broad SMARTS) is 3. The Morgan fingerprint density at radius 2 is 0.738 bits per heavy atom. The van der Waals surface area contributed by atoms with Crippen LogP contribution in [0.2, 0.25) is 0 Å². The van der Waals surface area contributed by atoms with Crippen molar-refractivity contribution < 1.29 is 44.1 Å². The Morgan fingerprint density at radius 1 is 0.452 bits per heavy atom. The predicted molar refractivity (Wildman–Crippen MR) is 169 cm³/mol. The summed E-state index contributed by atoms with van der Waals surface area (Å²) < 4.78 is 0. The molecule has 42 heavy (non-hydrogen) atoms. The van der Waals surface area contributed by atoms with Gasteiger partial charge in [0.1, 0.15) is 35.5 Å². The van der Waals surface area contributed by atoms with Crippen LogP contribution in [0.15, 0.2) is 0 Å². The van der Waals surface area contributed by atoms with Gasteiger partial charge in [-0.25, -0.2) is 0 Å². The minimum atomic E-state index is -1.04. The number of thioether (sulfide) groups is 3. The quantitative estimate of drug-likeness (QED) is 0.0620. The SMILES string of the molecule is CC(=O)[C@@H](N)CCSCC[C@H](N)C(=O)O.CC(=O)[C@@H](N)CSCC[C@H](N)C(=O)O.CC(=O)[C@@H](N)CSC[C@H](N)C(=O)O. The van der Waals surface area contributed by atoms with Crippen LogP contribution in [0.4, 0.5) is 0 Å². The van der Waals surface area contributed by atoms with Gasteiger partial charge in [-0.15, -0.1) is 0 Å². The molecule has 0 amide bonds. The van der Waals surface area contributed by atoms with E-state index in [1.54, 1.807) is 11.8 Å². The summed E-state index contributed by atoms with van der Waals surface area (Å²) >= 11 is 4.29. The Morgan fingerprint density at radius 3 is 1.07 bits per heavy atom. The molecule has 246 valence electrons. The van der Waals surface area contributed by atoms with Crippen LogP contribution in [-0.2, 0) is 28.8 Å². The fourth-order valence-electron chi connectivity index (χ4n) is 2.02. The third-order valence-electron chi connectivity index (χ3n) is 5.13. The first-order valence-corrected chi connectivity index (χ1v) is 16.3. The van der Waals surface area contributed by atoms with Crippen LogP contribution in [0.1, 0.15) is 40.0 Å². The first-order chi connectivity index (χ1) is 19.3. The molecule has 15 N–H and O–H groups in total. The lowest BCUT2D eigenvalue weighted by atomic mass is 10.2. The molecule has 0 rings (SSSR count). The summed E-state index contributed by atoms with van der Waals surface area (Å²) in [5, 5.41) is 25.4. The molecule has 0 saturated carbocycles. The molecular weight excluding hydrogens is 612 g/mol. The summed E-state index contributed by atoms with van der Waals surface area (Å²) in [6.45, 7) is 4.31. The van der Waals surface area contributed by atoms with Crippen LogP contribution in [-0.4, -0.2) is 121 Å². The van der Waals surface area contributed by atoms with Crippen molar-refractivity contribution in [1.29, 1.82) is 0 Å². The van der Waals surface area contributed by atoms with E-state index in [2.05, 4.69) is 0 Å². The molecule has 0 fully saturated rings. The maximum Gasteiger partial charge on any atom is 0.321 e. The highest BCUT2D eigenvalue weighted by Gasteiger charge is 2.14. The average Bonchev–Trinajstić information content (AvgIpc) is 2.90. The van der Waals surface area contributed by atoms with Crippen molar-refractivity contribution in [2.45, 2.75) is 76.3 Å². The number of ketones is 3. The van der Waals surface area contributed by atoms with Gasteiger partial charge in [0, 0.05) is 17.3 Å². The molecule has 0 aliphatic carbocycles. The zero-order valence-corrected chi connectivity index (χ0v) is 26.8. The third kappa shape index (κ3) is 28.4. The van der Waals surface area contributed by atoms with E-state index in [0.717, 1.165) is 5.75 Å². The van der Waals surface area contributed by atoms with Gasteiger partial charge in [-0.2, -0.15) is 35.3 Å². The average molecular weight is 661 g/mol. The second-order valence-electron chi connectivity index (χ2n) is 9.08. The molecule has 15 nitrogen and oxygen atoms in total. The minimum Gasteiger partial charge on any atom is -0.480 e.